The summed E-state index contributed by atoms with van der Waals surface area (Å²) in [6.07, 6.45) is 0. The van der Waals surface area contributed by atoms with Gasteiger partial charge in [0.25, 0.3) is 0 Å². The number of hydrogen-bond acceptors (Lipinski definition) is 0. The van der Waals surface area contributed by atoms with Crippen LogP contribution in [0, 0.1) is 0 Å². The second-order valence-corrected chi connectivity index (χ2v) is 7.96. The Morgan fingerprint density at radius 1 is 0.414 bits per heavy atom. The van der Waals surface area contributed by atoms with Crippen molar-refractivity contribution in [2.24, 2.45) is 0 Å². The molecule has 0 aliphatic heterocycles. The number of fused-ring (bicyclic) bond motifs is 3. The topological polar surface area (TPSA) is 0 Å². The highest BCUT2D eigenvalue weighted by molar-refractivity contribution is 6.30. The lowest BCUT2D eigenvalue weighted by Crippen LogP contribution is -1.85. The van der Waals surface area contributed by atoms with Gasteiger partial charge in [-0.2, -0.15) is 0 Å². The van der Waals surface area contributed by atoms with Gasteiger partial charge < -0.3 is 0 Å². The van der Waals surface area contributed by atoms with Crippen LogP contribution in [-0.4, -0.2) is 0 Å². The Morgan fingerprint density at radius 3 is 1.79 bits per heavy atom. The van der Waals surface area contributed by atoms with Crippen molar-refractivity contribution >= 4 is 22.4 Å². The van der Waals surface area contributed by atoms with Crippen molar-refractivity contribution < 1.29 is 0 Å². The van der Waals surface area contributed by atoms with Crippen LogP contribution in [0.2, 0.25) is 5.02 Å². The number of hydrogen-bond donors (Lipinski definition) is 0. The molecule has 0 fully saturated rings. The molecule has 136 valence electrons. The minimum atomic E-state index is 0.760. The molecule has 0 unspecified atom stereocenters. The van der Waals surface area contributed by atoms with Crippen LogP contribution in [0.15, 0.2) is 103 Å². The maximum Gasteiger partial charge on any atom is 0.0412 e. The fourth-order valence-electron chi connectivity index (χ4n) is 4.59. The molecule has 0 saturated heterocycles. The Balaban J connectivity index is 1.58. The van der Waals surface area contributed by atoms with Gasteiger partial charge in [-0.25, -0.2) is 0 Å². The summed E-state index contributed by atoms with van der Waals surface area (Å²) in [6.45, 7) is 0. The number of rotatable bonds is 2. The van der Waals surface area contributed by atoms with E-state index in [9.17, 15) is 0 Å². The first kappa shape index (κ1) is 16.6. The maximum atomic E-state index is 6.22. The Kier molecular flexibility index (Phi) is 3.62. The average molecular weight is 389 g/mol. The average Bonchev–Trinajstić information content (AvgIpc) is 3.10. The third kappa shape index (κ3) is 2.53. The standard InChI is InChI=1S/C28H17Cl/c29-21-9-4-7-19(17-21)18-6-3-8-20(16-18)22-14-15-27-24-11-2-1-10-23(24)26-13-5-12-25(22)28(26)27/h1-17H. The molecule has 1 heteroatoms. The van der Waals surface area contributed by atoms with Crippen LogP contribution >= 0.6 is 11.6 Å². The van der Waals surface area contributed by atoms with E-state index >= 15 is 0 Å². The van der Waals surface area contributed by atoms with Crippen LogP contribution in [0.5, 0.6) is 0 Å². The van der Waals surface area contributed by atoms with Crippen LogP contribution in [0.25, 0.3) is 55.3 Å². The third-order valence-electron chi connectivity index (χ3n) is 5.88. The Bertz CT molecular complexity index is 1380. The molecule has 5 aromatic rings. The summed E-state index contributed by atoms with van der Waals surface area (Å²) >= 11 is 6.22. The number of benzene rings is 5. The Morgan fingerprint density at radius 2 is 1.00 bits per heavy atom. The predicted molar refractivity (Wildman–Crippen MR) is 124 cm³/mol. The van der Waals surface area contributed by atoms with Crippen LogP contribution in [-0.2, 0) is 0 Å². The summed E-state index contributed by atoms with van der Waals surface area (Å²) in [4.78, 5) is 0. The van der Waals surface area contributed by atoms with Gasteiger partial charge in [0.1, 0.15) is 0 Å². The van der Waals surface area contributed by atoms with E-state index in [2.05, 4.69) is 84.9 Å². The van der Waals surface area contributed by atoms with Crippen molar-refractivity contribution in [3.63, 3.8) is 0 Å². The number of halogens is 1. The van der Waals surface area contributed by atoms with Crippen molar-refractivity contribution in [2.45, 2.75) is 0 Å². The summed E-state index contributed by atoms with van der Waals surface area (Å²) in [7, 11) is 0. The van der Waals surface area contributed by atoms with Crippen molar-refractivity contribution in [3.8, 4) is 44.5 Å². The summed E-state index contributed by atoms with van der Waals surface area (Å²) in [5.41, 5.74) is 10.1. The quantitative estimate of drug-likeness (QED) is 0.279. The van der Waals surface area contributed by atoms with Crippen LogP contribution in [0.1, 0.15) is 0 Å². The van der Waals surface area contributed by atoms with Gasteiger partial charge in [0.15, 0.2) is 0 Å². The summed E-state index contributed by atoms with van der Waals surface area (Å²) in [5, 5.41) is 3.43. The highest BCUT2D eigenvalue weighted by Gasteiger charge is 2.22. The van der Waals surface area contributed by atoms with Gasteiger partial charge in [-0.05, 0) is 73.5 Å². The normalized spacial score (nSPS) is 11.6. The minimum absolute atomic E-state index is 0.760. The molecule has 0 saturated carbocycles. The summed E-state index contributed by atoms with van der Waals surface area (Å²) in [5.74, 6) is 0. The molecule has 0 spiro atoms. The zero-order valence-electron chi connectivity index (χ0n) is 15.7. The zero-order chi connectivity index (χ0) is 19.4. The predicted octanol–water partition coefficient (Wildman–Crippen LogP) is 8.47. The highest BCUT2D eigenvalue weighted by atomic mass is 35.5. The summed E-state index contributed by atoms with van der Waals surface area (Å²) < 4.78 is 0. The molecule has 0 nitrogen and oxygen atoms in total. The smallest absolute Gasteiger partial charge is 0.0412 e. The van der Waals surface area contributed by atoms with Gasteiger partial charge in [0.05, 0.1) is 0 Å². The molecule has 29 heavy (non-hydrogen) atoms. The van der Waals surface area contributed by atoms with Gasteiger partial charge in [-0.1, -0.05) is 96.5 Å². The molecule has 0 amide bonds. The SMILES string of the molecule is Clc1cccc(-c2cccc(-c3ccc4c5c(cccc35)-c3ccccc3-4)c2)c1. The second-order valence-electron chi connectivity index (χ2n) is 7.53. The first-order chi connectivity index (χ1) is 14.3. The first-order valence-corrected chi connectivity index (χ1v) is 10.2. The zero-order valence-corrected chi connectivity index (χ0v) is 16.4. The molecule has 0 N–H and O–H groups in total. The van der Waals surface area contributed by atoms with E-state index in [1.54, 1.807) is 0 Å². The van der Waals surface area contributed by atoms with E-state index in [-0.39, 0.29) is 0 Å². The van der Waals surface area contributed by atoms with Gasteiger partial charge >= 0.3 is 0 Å². The molecule has 0 atom stereocenters. The van der Waals surface area contributed by atoms with Crippen molar-refractivity contribution in [2.75, 3.05) is 0 Å². The molecular formula is C28H17Cl. The highest BCUT2D eigenvalue weighted by Crippen LogP contribution is 2.49. The van der Waals surface area contributed by atoms with Crippen molar-refractivity contribution in [1.82, 2.24) is 0 Å². The maximum absolute atomic E-state index is 6.22. The fraction of sp³-hybridized carbons (Fsp3) is 0. The van der Waals surface area contributed by atoms with Gasteiger partial charge in [-0.3, -0.25) is 0 Å². The van der Waals surface area contributed by atoms with Crippen LogP contribution in [0.4, 0.5) is 0 Å². The lowest BCUT2D eigenvalue weighted by molar-refractivity contribution is 1.60. The largest absolute Gasteiger partial charge is 0.0843 e. The molecule has 5 aromatic carbocycles. The van der Waals surface area contributed by atoms with Crippen LogP contribution in [0.3, 0.4) is 0 Å². The first-order valence-electron chi connectivity index (χ1n) is 9.81. The second kappa shape index (κ2) is 6.34. The molecule has 0 heterocycles. The molecule has 1 aliphatic carbocycles. The third-order valence-corrected chi connectivity index (χ3v) is 6.11. The lowest BCUT2D eigenvalue weighted by Gasteiger charge is -2.11. The van der Waals surface area contributed by atoms with E-state index in [0.29, 0.717) is 0 Å². The molecule has 0 aromatic heterocycles. The molecule has 6 rings (SSSR count). The molecule has 0 bridgehead atoms. The lowest BCUT2D eigenvalue weighted by atomic mass is 9.92. The summed E-state index contributed by atoms with van der Waals surface area (Å²) in [6, 6.07) is 36.7. The van der Waals surface area contributed by atoms with Gasteiger partial charge in [0, 0.05) is 5.02 Å². The van der Waals surface area contributed by atoms with E-state index in [1.165, 1.54) is 49.7 Å². The molecular weight excluding hydrogens is 372 g/mol. The minimum Gasteiger partial charge on any atom is -0.0843 e. The van der Waals surface area contributed by atoms with E-state index in [4.69, 9.17) is 11.6 Å². The monoisotopic (exact) mass is 388 g/mol. The fourth-order valence-corrected chi connectivity index (χ4v) is 4.78. The van der Waals surface area contributed by atoms with E-state index in [1.807, 2.05) is 18.2 Å². The van der Waals surface area contributed by atoms with Crippen LogP contribution < -0.4 is 0 Å². The van der Waals surface area contributed by atoms with Gasteiger partial charge in [0.2, 0.25) is 0 Å². The van der Waals surface area contributed by atoms with Gasteiger partial charge in [-0.15, -0.1) is 0 Å². The Hall–Kier alpha value is -3.35. The van der Waals surface area contributed by atoms with Crippen molar-refractivity contribution in [3.05, 3.63) is 108 Å². The van der Waals surface area contributed by atoms with E-state index in [0.717, 1.165) is 10.6 Å². The molecule has 0 radical (unpaired) electrons. The van der Waals surface area contributed by atoms with E-state index < -0.39 is 0 Å². The molecule has 1 aliphatic rings. The Labute approximate surface area is 175 Å². The van der Waals surface area contributed by atoms with Crippen molar-refractivity contribution in [1.29, 1.82) is 0 Å².